The molecule has 0 spiro atoms. The van der Waals surface area contributed by atoms with E-state index in [1.165, 1.54) is 41.9 Å². The number of methoxy groups -OCH3 is 1. The number of nitrogens with one attached hydrogen (secondary N) is 1. The molecule has 2 heterocycles. The molecule has 3 rings (SSSR count). The molecule has 0 bridgehead atoms. The van der Waals surface area contributed by atoms with E-state index in [4.69, 9.17) is 4.74 Å². The number of benzene rings is 1. The van der Waals surface area contributed by atoms with Crippen LogP contribution in [0.3, 0.4) is 0 Å². The number of hydrogen-bond donors (Lipinski definition) is 1. The van der Waals surface area contributed by atoms with Crippen molar-refractivity contribution in [2.75, 3.05) is 31.3 Å². The summed E-state index contributed by atoms with van der Waals surface area (Å²) in [6, 6.07) is 6.97. The molecular formula is C19H22N4O6S2. The maximum Gasteiger partial charge on any atom is 0.273 e. The minimum atomic E-state index is -3.55. The number of amides is 1. The summed E-state index contributed by atoms with van der Waals surface area (Å²) in [5.41, 5.74) is 0.169. The number of rotatable bonds is 8. The Hall–Kier alpha value is -2.70. The minimum absolute atomic E-state index is 0.0192. The molecule has 1 fully saturated rings. The molecule has 1 aliphatic rings. The fraction of sp³-hybridized carbons (Fsp3) is 0.368. The van der Waals surface area contributed by atoms with E-state index in [9.17, 15) is 23.3 Å². The Kier molecular flexibility index (Phi) is 7.46. The SMILES string of the molecule is COc1cc([N+](=O)[O-])ccc1NC(=O)CSc1ccc(S(=O)(=O)N2CCCCC2)cn1. The number of ether oxygens (including phenoxy) is 1. The van der Waals surface area contributed by atoms with Gasteiger partial charge in [0.05, 0.1) is 34.6 Å². The van der Waals surface area contributed by atoms with Crippen LogP contribution >= 0.6 is 11.8 Å². The fourth-order valence-corrected chi connectivity index (χ4v) is 5.19. The Labute approximate surface area is 184 Å². The number of pyridine rings is 1. The van der Waals surface area contributed by atoms with Gasteiger partial charge >= 0.3 is 0 Å². The van der Waals surface area contributed by atoms with Gasteiger partial charge in [0.25, 0.3) is 5.69 Å². The third kappa shape index (κ3) is 5.71. The quantitative estimate of drug-likeness (QED) is 0.357. The van der Waals surface area contributed by atoms with E-state index in [1.54, 1.807) is 6.07 Å². The van der Waals surface area contributed by atoms with Crippen molar-refractivity contribution in [3.63, 3.8) is 0 Å². The molecule has 0 atom stereocenters. The summed E-state index contributed by atoms with van der Waals surface area (Å²) in [7, 11) is -2.19. The largest absolute Gasteiger partial charge is 0.494 e. The number of carbonyl (C=O) groups excluding carboxylic acids is 1. The molecule has 1 N–H and O–H groups in total. The normalized spacial score (nSPS) is 14.7. The lowest BCUT2D eigenvalue weighted by Crippen LogP contribution is -2.35. The summed E-state index contributed by atoms with van der Waals surface area (Å²) in [4.78, 5) is 26.9. The number of nitro benzene ring substituents is 1. The van der Waals surface area contributed by atoms with Gasteiger partial charge in [0.1, 0.15) is 10.6 Å². The van der Waals surface area contributed by atoms with Crippen LogP contribution in [-0.4, -0.2) is 54.5 Å². The Morgan fingerprint density at radius 1 is 1.26 bits per heavy atom. The molecule has 1 aliphatic heterocycles. The summed E-state index contributed by atoms with van der Waals surface area (Å²) in [5.74, 6) is -0.160. The van der Waals surface area contributed by atoms with Gasteiger partial charge in [-0.25, -0.2) is 13.4 Å². The number of anilines is 1. The predicted octanol–water partition coefficient (Wildman–Crippen LogP) is 2.90. The molecule has 0 saturated carbocycles. The lowest BCUT2D eigenvalue weighted by molar-refractivity contribution is -0.384. The van der Waals surface area contributed by atoms with Crippen LogP contribution in [0.25, 0.3) is 0 Å². The van der Waals surface area contributed by atoms with Crippen molar-refractivity contribution >= 4 is 39.1 Å². The topological polar surface area (TPSA) is 132 Å². The van der Waals surface area contributed by atoms with E-state index in [0.717, 1.165) is 31.0 Å². The smallest absolute Gasteiger partial charge is 0.273 e. The molecule has 0 unspecified atom stereocenters. The third-order valence-corrected chi connectivity index (χ3v) is 7.51. The fourth-order valence-electron chi connectivity index (χ4n) is 3.08. The molecule has 166 valence electrons. The number of piperidine rings is 1. The summed E-state index contributed by atoms with van der Waals surface area (Å²) in [6.45, 7) is 1.04. The van der Waals surface area contributed by atoms with Crippen molar-refractivity contribution in [2.24, 2.45) is 0 Å². The molecule has 0 radical (unpaired) electrons. The van der Waals surface area contributed by atoms with Crippen LogP contribution in [0.15, 0.2) is 46.5 Å². The zero-order valence-corrected chi connectivity index (χ0v) is 18.4. The summed E-state index contributed by atoms with van der Waals surface area (Å²) < 4.78 is 31.9. The number of aromatic nitrogens is 1. The zero-order chi connectivity index (χ0) is 22.4. The van der Waals surface area contributed by atoms with E-state index in [0.29, 0.717) is 23.8 Å². The van der Waals surface area contributed by atoms with Crippen molar-refractivity contribution in [1.82, 2.24) is 9.29 Å². The highest BCUT2D eigenvalue weighted by Gasteiger charge is 2.26. The van der Waals surface area contributed by atoms with Crippen molar-refractivity contribution in [2.45, 2.75) is 29.2 Å². The van der Waals surface area contributed by atoms with Gasteiger partial charge in [-0.1, -0.05) is 18.2 Å². The van der Waals surface area contributed by atoms with Crippen LogP contribution in [0.5, 0.6) is 5.75 Å². The molecule has 1 amide bonds. The first-order chi connectivity index (χ1) is 14.8. The second-order valence-corrected chi connectivity index (χ2v) is 9.71. The molecule has 1 aromatic carbocycles. The predicted molar refractivity (Wildman–Crippen MR) is 116 cm³/mol. The number of nitro groups is 1. The maximum atomic E-state index is 12.7. The van der Waals surface area contributed by atoms with Crippen LogP contribution in [0.4, 0.5) is 11.4 Å². The standard InChI is InChI=1S/C19H22N4O6S2/c1-29-17-11-14(23(25)26)5-7-16(17)21-18(24)13-30-19-8-6-15(12-20-19)31(27,28)22-9-3-2-4-10-22/h5-8,11-12H,2-4,9-10,13H2,1H3,(H,21,24). The number of thioether (sulfide) groups is 1. The van der Waals surface area contributed by atoms with Crippen LogP contribution in [-0.2, 0) is 14.8 Å². The van der Waals surface area contributed by atoms with Crippen LogP contribution < -0.4 is 10.1 Å². The van der Waals surface area contributed by atoms with Crippen LogP contribution in [0, 0.1) is 10.1 Å². The van der Waals surface area contributed by atoms with Gasteiger partial charge in [0.2, 0.25) is 15.9 Å². The highest BCUT2D eigenvalue weighted by Crippen LogP contribution is 2.29. The number of hydrogen-bond acceptors (Lipinski definition) is 8. The first kappa shape index (κ1) is 23.0. The van der Waals surface area contributed by atoms with Crippen molar-refractivity contribution in [1.29, 1.82) is 0 Å². The lowest BCUT2D eigenvalue weighted by atomic mass is 10.2. The van der Waals surface area contributed by atoms with E-state index >= 15 is 0 Å². The monoisotopic (exact) mass is 466 g/mol. The maximum absolute atomic E-state index is 12.7. The van der Waals surface area contributed by atoms with Gasteiger partial charge in [-0.3, -0.25) is 14.9 Å². The molecule has 12 heteroatoms. The highest BCUT2D eigenvalue weighted by molar-refractivity contribution is 7.99. The number of non-ortho nitro benzene ring substituents is 1. The second-order valence-electron chi connectivity index (χ2n) is 6.78. The second kappa shape index (κ2) is 10.1. The van der Waals surface area contributed by atoms with Gasteiger partial charge in [0, 0.05) is 25.4 Å². The first-order valence-corrected chi connectivity index (χ1v) is 11.9. The lowest BCUT2D eigenvalue weighted by Gasteiger charge is -2.25. The number of sulfonamides is 1. The van der Waals surface area contributed by atoms with E-state index in [-0.39, 0.29) is 28.0 Å². The Morgan fingerprint density at radius 2 is 2.00 bits per heavy atom. The molecule has 31 heavy (non-hydrogen) atoms. The summed E-state index contributed by atoms with van der Waals surface area (Å²) >= 11 is 1.14. The van der Waals surface area contributed by atoms with Crippen LogP contribution in [0.2, 0.25) is 0 Å². The van der Waals surface area contributed by atoms with Gasteiger partial charge in [-0.05, 0) is 31.0 Å². The zero-order valence-electron chi connectivity index (χ0n) is 16.8. The summed E-state index contributed by atoms with van der Waals surface area (Å²) in [5, 5.41) is 14.0. The van der Waals surface area contributed by atoms with Crippen molar-refractivity contribution in [3.8, 4) is 5.75 Å². The van der Waals surface area contributed by atoms with Crippen LogP contribution in [0.1, 0.15) is 19.3 Å². The Balaban J connectivity index is 1.59. The third-order valence-electron chi connectivity index (χ3n) is 4.68. The average molecular weight is 467 g/mol. The van der Waals surface area contributed by atoms with E-state index in [1.807, 2.05) is 0 Å². The number of nitrogens with zero attached hydrogens (tertiary/aromatic N) is 3. The minimum Gasteiger partial charge on any atom is -0.494 e. The summed E-state index contributed by atoms with van der Waals surface area (Å²) in [6.07, 6.45) is 4.06. The Morgan fingerprint density at radius 3 is 2.61 bits per heavy atom. The van der Waals surface area contributed by atoms with Gasteiger partial charge < -0.3 is 10.1 Å². The van der Waals surface area contributed by atoms with Crippen molar-refractivity contribution < 1.29 is 22.9 Å². The van der Waals surface area contributed by atoms with Crippen molar-refractivity contribution in [3.05, 3.63) is 46.6 Å². The molecular weight excluding hydrogens is 444 g/mol. The van der Waals surface area contributed by atoms with E-state index < -0.39 is 14.9 Å². The molecule has 2 aromatic rings. The average Bonchev–Trinajstić information content (AvgIpc) is 2.78. The molecule has 10 nitrogen and oxygen atoms in total. The van der Waals surface area contributed by atoms with E-state index in [2.05, 4.69) is 10.3 Å². The molecule has 1 saturated heterocycles. The Bertz CT molecular complexity index is 1050. The number of carbonyl (C=O) groups is 1. The molecule has 0 aliphatic carbocycles. The first-order valence-electron chi connectivity index (χ1n) is 9.52. The van der Waals surface area contributed by atoms with Gasteiger partial charge in [-0.2, -0.15) is 4.31 Å². The van der Waals surface area contributed by atoms with Gasteiger partial charge in [0.15, 0.2) is 0 Å². The van der Waals surface area contributed by atoms with Gasteiger partial charge in [-0.15, -0.1) is 0 Å². The highest BCUT2D eigenvalue weighted by atomic mass is 32.2. The molecule has 1 aromatic heterocycles.